The fourth-order valence-corrected chi connectivity index (χ4v) is 1.14. The number of aromatic nitrogens is 3. The van der Waals surface area contributed by atoms with E-state index in [1.54, 1.807) is 4.68 Å². The highest BCUT2D eigenvalue weighted by Gasteiger charge is 2.07. The number of aryl methyl sites for hydroxylation is 1. The molecule has 1 N–H and O–H groups in total. The van der Waals surface area contributed by atoms with Crippen molar-refractivity contribution in [2.24, 2.45) is 5.92 Å². The Morgan fingerprint density at radius 2 is 2.33 bits per heavy atom. The van der Waals surface area contributed by atoms with Gasteiger partial charge in [-0.15, -0.1) is 5.10 Å². The van der Waals surface area contributed by atoms with Crippen molar-refractivity contribution in [3.8, 4) is 0 Å². The fraction of sp³-hybridized carbons (Fsp3) is 0.700. The number of carbonyl (C=O) groups excluding carboxylic acids is 1. The number of amides is 1. The maximum Gasteiger partial charge on any atom is 0.222 e. The minimum absolute atomic E-state index is 0.00990. The van der Waals surface area contributed by atoms with Crippen molar-refractivity contribution in [1.29, 1.82) is 0 Å². The first-order valence-corrected chi connectivity index (χ1v) is 5.30. The van der Waals surface area contributed by atoms with Gasteiger partial charge in [0.1, 0.15) is 5.69 Å². The standard InChI is InChI=1S/C10H18N4O/c1-4-5-14-7-9(12-13-14)6-11-10(15)8(2)3/h7-8H,4-6H2,1-3H3,(H,11,15). The largest absolute Gasteiger partial charge is 0.350 e. The molecule has 0 saturated carbocycles. The van der Waals surface area contributed by atoms with Gasteiger partial charge in [0, 0.05) is 12.5 Å². The van der Waals surface area contributed by atoms with E-state index in [1.165, 1.54) is 0 Å². The van der Waals surface area contributed by atoms with Crippen LogP contribution in [0.2, 0.25) is 0 Å². The molecule has 5 nitrogen and oxygen atoms in total. The fourth-order valence-electron chi connectivity index (χ4n) is 1.14. The third-order valence-corrected chi connectivity index (χ3v) is 2.01. The Kier molecular flexibility index (Phi) is 4.27. The van der Waals surface area contributed by atoms with Gasteiger partial charge in [0.05, 0.1) is 12.7 Å². The molecule has 0 spiro atoms. The zero-order valence-electron chi connectivity index (χ0n) is 9.53. The van der Waals surface area contributed by atoms with Crippen molar-refractivity contribution in [2.45, 2.75) is 40.3 Å². The van der Waals surface area contributed by atoms with Crippen molar-refractivity contribution >= 4 is 5.91 Å². The van der Waals surface area contributed by atoms with Crippen LogP contribution in [0.15, 0.2) is 6.20 Å². The molecule has 15 heavy (non-hydrogen) atoms. The molecule has 1 rings (SSSR count). The Morgan fingerprint density at radius 1 is 1.60 bits per heavy atom. The van der Waals surface area contributed by atoms with E-state index in [4.69, 9.17) is 0 Å². The minimum Gasteiger partial charge on any atom is -0.350 e. The van der Waals surface area contributed by atoms with E-state index in [9.17, 15) is 4.79 Å². The van der Waals surface area contributed by atoms with Crippen LogP contribution in [0.5, 0.6) is 0 Å². The molecule has 5 heteroatoms. The summed E-state index contributed by atoms with van der Waals surface area (Å²) in [6.45, 7) is 7.14. The third-order valence-electron chi connectivity index (χ3n) is 2.01. The summed E-state index contributed by atoms with van der Waals surface area (Å²) in [7, 11) is 0. The van der Waals surface area contributed by atoms with Crippen LogP contribution in [-0.4, -0.2) is 20.9 Å². The highest BCUT2D eigenvalue weighted by atomic mass is 16.1. The average Bonchev–Trinajstić information content (AvgIpc) is 2.62. The first-order chi connectivity index (χ1) is 7.13. The molecule has 0 unspecified atom stereocenters. The van der Waals surface area contributed by atoms with E-state index in [0.717, 1.165) is 18.7 Å². The van der Waals surface area contributed by atoms with Gasteiger partial charge in [-0.05, 0) is 6.42 Å². The first kappa shape index (κ1) is 11.7. The van der Waals surface area contributed by atoms with E-state index in [-0.39, 0.29) is 11.8 Å². The van der Waals surface area contributed by atoms with Crippen LogP contribution in [0.4, 0.5) is 0 Å². The normalized spacial score (nSPS) is 10.7. The van der Waals surface area contributed by atoms with Gasteiger partial charge < -0.3 is 5.32 Å². The summed E-state index contributed by atoms with van der Waals surface area (Å²) in [6.07, 6.45) is 2.89. The monoisotopic (exact) mass is 210 g/mol. The molecule has 0 aromatic carbocycles. The molecule has 0 radical (unpaired) electrons. The van der Waals surface area contributed by atoms with E-state index >= 15 is 0 Å². The number of nitrogens with one attached hydrogen (secondary N) is 1. The van der Waals surface area contributed by atoms with Crippen LogP contribution in [0.25, 0.3) is 0 Å². The van der Waals surface area contributed by atoms with Crippen LogP contribution in [0, 0.1) is 5.92 Å². The third kappa shape index (κ3) is 3.69. The van der Waals surface area contributed by atoms with Crippen LogP contribution < -0.4 is 5.32 Å². The molecule has 1 aromatic rings. The summed E-state index contributed by atoms with van der Waals surface area (Å²) in [4.78, 5) is 11.3. The van der Waals surface area contributed by atoms with Gasteiger partial charge in [-0.1, -0.05) is 26.0 Å². The molecule has 0 atom stereocenters. The highest BCUT2D eigenvalue weighted by molar-refractivity contribution is 5.77. The maximum atomic E-state index is 11.3. The number of nitrogens with zero attached hydrogens (tertiary/aromatic N) is 3. The van der Waals surface area contributed by atoms with Gasteiger partial charge in [0.2, 0.25) is 5.91 Å². The number of rotatable bonds is 5. The number of hydrogen-bond donors (Lipinski definition) is 1. The van der Waals surface area contributed by atoms with E-state index in [2.05, 4.69) is 22.6 Å². The van der Waals surface area contributed by atoms with Gasteiger partial charge in [0.25, 0.3) is 0 Å². The molecule has 84 valence electrons. The lowest BCUT2D eigenvalue weighted by molar-refractivity contribution is -0.124. The lowest BCUT2D eigenvalue weighted by Crippen LogP contribution is -2.27. The Morgan fingerprint density at radius 3 is 2.93 bits per heavy atom. The van der Waals surface area contributed by atoms with E-state index < -0.39 is 0 Å². The second-order valence-corrected chi connectivity index (χ2v) is 3.85. The zero-order chi connectivity index (χ0) is 11.3. The molecule has 1 heterocycles. The van der Waals surface area contributed by atoms with Crippen molar-refractivity contribution < 1.29 is 4.79 Å². The predicted molar refractivity (Wildman–Crippen MR) is 57.0 cm³/mol. The molecule has 0 saturated heterocycles. The molecule has 1 aromatic heterocycles. The van der Waals surface area contributed by atoms with Crippen LogP contribution >= 0.6 is 0 Å². The quantitative estimate of drug-likeness (QED) is 0.787. The van der Waals surface area contributed by atoms with Gasteiger partial charge in [-0.25, -0.2) is 0 Å². The summed E-state index contributed by atoms with van der Waals surface area (Å²) < 4.78 is 1.79. The van der Waals surface area contributed by atoms with Gasteiger partial charge in [-0.2, -0.15) is 0 Å². The Bertz CT molecular complexity index is 319. The summed E-state index contributed by atoms with van der Waals surface area (Å²) in [6, 6.07) is 0. The maximum absolute atomic E-state index is 11.3. The summed E-state index contributed by atoms with van der Waals surface area (Å²) in [5.41, 5.74) is 0.803. The van der Waals surface area contributed by atoms with Crippen molar-refractivity contribution in [2.75, 3.05) is 0 Å². The smallest absolute Gasteiger partial charge is 0.222 e. The molecule has 0 fully saturated rings. The summed E-state index contributed by atoms with van der Waals surface area (Å²) in [5.74, 6) is 0.0516. The Balaban J connectivity index is 2.40. The number of carbonyl (C=O) groups is 1. The molecular formula is C10H18N4O. The molecule has 0 aliphatic heterocycles. The Hall–Kier alpha value is -1.39. The molecule has 0 aliphatic carbocycles. The van der Waals surface area contributed by atoms with E-state index in [0.29, 0.717) is 6.54 Å². The van der Waals surface area contributed by atoms with Crippen LogP contribution in [0.1, 0.15) is 32.9 Å². The predicted octanol–water partition coefficient (Wildman–Crippen LogP) is 0.960. The molecular weight excluding hydrogens is 192 g/mol. The second kappa shape index (κ2) is 5.48. The average molecular weight is 210 g/mol. The van der Waals surface area contributed by atoms with Crippen LogP contribution in [0.3, 0.4) is 0 Å². The topological polar surface area (TPSA) is 59.8 Å². The van der Waals surface area contributed by atoms with Crippen LogP contribution in [-0.2, 0) is 17.9 Å². The first-order valence-electron chi connectivity index (χ1n) is 5.30. The van der Waals surface area contributed by atoms with Gasteiger partial charge in [-0.3, -0.25) is 9.48 Å². The lowest BCUT2D eigenvalue weighted by atomic mass is 10.2. The van der Waals surface area contributed by atoms with Crippen molar-refractivity contribution in [1.82, 2.24) is 20.3 Å². The summed E-state index contributed by atoms with van der Waals surface area (Å²) >= 11 is 0. The zero-order valence-corrected chi connectivity index (χ0v) is 9.53. The minimum atomic E-state index is 0.00990. The van der Waals surface area contributed by atoms with Crippen molar-refractivity contribution in [3.63, 3.8) is 0 Å². The van der Waals surface area contributed by atoms with Gasteiger partial charge >= 0.3 is 0 Å². The highest BCUT2D eigenvalue weighted by Crippen LogP contribution is 1.96. The molecule has 0 bridgehead atoms. The molecule has 1 amide bonds. The van der Waals surface area contributed by atoms with E-state index in [1.807, 2.05) is 20.0 Å². The Labute approximate surface area is 89.9 Å². The lowest BCUT2D eigenvalue weighted by Gasteiger charge is -2.04. The summed E-state index contributed by atoms with van der Waals surface area (Å²) in [5, 5.41) is 10.7. The number of hydrogen-bond acceptors (Lipinski definition) is 3. The van der Waals surface area contributed by atoms with Crippen molar-refractivity contribution in [3.05, 3.63) is 11.9 Å². The van der Waals surface area contributed by atoms with Gasteiger partial charge in [0.15, 0.2) is 0 Å². The SMILES string of the molecule is CCCn1cc(CNC(=O)C(C)C)nn1. The second-order valence-electron chi connectivity index (χ2n) is 3.85. The molecule has 0 aliphatic rings.